The van der Waals surface area contributed by atoms with Gasteiger partial charge in [0.1, 0.15) is 0 Å². The molecule has 0 saturated carbocycles. The number of nitrogens with zero attached hydrogens (tertiary/aromatic N) is 1. The molecule has 23 heavy (non-hydrogen) atoms. The number of nitrogens with two attached hydrogens (primary N) is 1. The van der Waals surface area contributed by atoms with E-state index in [1.165, 1.54) is 17.9 Å². The van der Waals surface area contributed by atoms with Crippen LogP contribution >= 0.6 is 0 Å². The number of fused-ring (bicyclic) bond motifs is 1. The second-order valence-corrected chi connectivity index (χ2v) is 4.90. The molecule has 1 aromatic rings. The van der Waals surface area contributed by atoms with Gasteiger partial charge in [-0.1, -0.05) is 34.6 Å². The summed E-state index contributed by atoms with van der Waals surface area (Å²) in [6.45, 7) is 11.6. The second-order valence-electron chi connectivity index (χ2n) is 4.90. The number of carbonyl (C=O) groups is 1. The molecule has 0 aromatic heterocycles. The highest BCUT2D eigenvalue weighted by Gasteiger charge is 2.35. The molecule has 1 heterocycles. The molecule has 132 valence electrons. The zero-order valence-electron chi connectivity index (χ0n) is 14.7. The van der Waals surface area contributed by atoms with E-state index >= 15 is 0 Å². The van der Waals surface area contributed by atoms with Crippen LogP contribution in [0, 0.1) is 5.92 Å². The van der Waals surface area contributed by atoms with E-state index in [0.29, 0.717) is 17.8 Å². The minimum atomic E-state index is -4.41. The average Bonchev–Trinajstić information content (AvgIpc) is 2.53. The molecule has 1 aromatic carbocycles. The largest absolute Gasteiger partial charge is 0.416 e. The Kier molecular flexibility index (Phi) is 8.31. The van der Waals surface area contributed by atoms with Gasteiger partial charge in [0.05, 0.1) is 5.56 Å². The molecule has 6 heteroatoms. The van der Waals surface area contributed by atoms with E-state index in [1.54, 1.807) is 0 Å². The predicted octanol–water partition coefficient (Wildman–Crippen LogP) is 4.76. The van der Waals surface area contributed by atoms with E-state index in [2.05, 4.69) is 0 Å². The summed E-state index contributed by atoms with van der Waals surface area (Å²) >= 11 is 0. The summed E-state index contributed by atoms with van der Waals surface area (Å²) in [6.07, 6.45) is -4.41. The van der Waals surface area contributed by atoms with Gasteiger partial charge in [0.2, 0.25) is 5.91 Å². The Bertz CT molecular complexity index is 515. The van der Waals surface area contributed by atoms with Crippen LogP contribution in [-0.2, 0) is 11.0 Å². The molecular formula is C17H27F3N2O. The van der Waals surface area contributed by atoms with Crippen LogP contribution in [0.25, 0.3) is 0 Å². The lowest BCUT2D eigenvalue weighted by atomic mass is 9.88. The van der Waals surface area contributed by atoms with Crippen molar-refractivity contribution >= 4 is 11.6 Å². The van der Waals surface area contributed by atoms with Gasteiger partial charge in [0.25, 0.3) is 0 Å². The van der Waals surface area contributed by atoms with Crippen LogP contribution in [0.15, 0.2) is 18.2 Å². The Hall–Kier alpha value is -1.56. The highest BCUT2D eigenvalue weighted by molar-refractivity contribution is 5.93. The molecule has 0 fully saturated rings. The first-order valence-electron chi connectivity index (χ1n) is 7.96. The fraction of sp³-hybridized carbons (Fsp3) is 0.588. The number of alkyl halides is 3. The Labute approximate surface area is 136 Å². The van der Waals surface area contributed by atoms with E-state index in [-0.39, 0.29) is 11.8 Å². The summed E-state index contributed by atoms with van der Waals surface area (Å²) in [4.78, 5) is 13.0. The van der Waals surface area contributed by atoms with Crippen molar-refractivity contribution in [2.45, 2.75) is 53.8 Å². The number of carbonyl (C=O) groups excluding carboxylic acids is 1. The fourth-order valence-electron chi connectivity index (χ4n) is 2.35. The van der Waals surface area contributed by atoms with E-state index in [1.807, 2.05) is 34.6 Å². The highest BCUT2D eigenvalue weighted by atomic mass is 19.4. The van der Waals surface area contributed by atoms with E-state index in [4.69, 9.17) is 5.73 Å². The molecule has 0 aliphatic carbocycles. The lowest BCUT2D eigenvalue weighted by molar-refractivity contribution is -0.137. The Morgan fingerprint density at radius 2 is 1.74 bits per heavy atom. The van der Waals surface area contributed by atoms with Gasteiger partial charge < -0.3 is 10.6 Å². The SMILES string of the molecule is CC.CC.CC(=O)N1C[C@@H](C)C(N)c2cc(C(F)(F)F)ccc21. The molecule has 2 rings (SSSR count). The van der Waals surface area contributed by atoms with Crippen LogP contribution in [0.1, 0.15) is 58.7 Å². The number of hydrogen-bond donors (Lipinski definition) is 1. The molecule has 0 bridgehead atoms. The minimum Gasteiger partial charge on any atom is -0.324 e. The van der Waals surface area contributed by atoms with Crippen LogP contribution in [0.2, 0.25) is 0 Å². The van der Waals surface area contributed by atoms with Gasteiger partial charge in [-0.3, -0.25) is 4.79 Å². The maximum Gasteiger partial charge on any atom is 0.416 e. The third-order valence-electron chi connectivity index (χ3n) is 3.47. The molecule has 1 amide bonds. The van der Waals surface area contributed by atoms with Gasteiger partial charge in [-0.15, -0.1) is 0 Å². The third kappa shape index (κ3) is 4.96. The molecule has 0 radical (unpaired) electrons. The number of hydrogen-bond acceptors (Lipinski definition) is 2. The summed E-state index contributed by atoms with van der Waals surface area (Å²) in [5.41, 5.74) is 6.08. The standard InChI is InChI=1S/C13H15F3N2O.2C2H6/c1-7-6-18(8(2)19)11-4-3-9(13(14,15)16)5-10(11)12(7)17;2*1-2/h3-5,7,12H,6,17H2,1-2H3;2*1-2H3/t7-,12?;;/m1../s1. The summed E-state index contributed by atoms with van der Waals surface area (Å²) < 4.78 is 38.1. The van der Waals surface area contributed by atoms with Gasteiger partial charge in [-0.2, -0.15) is 13.2 Å². The molecule has 1 aliphatic rings. The topological polar surface area (TPSA) is 46.3 Å². The fourth-order valence-corrected chi connectivity index (χ4v) is 2.35. The van der Waals surface area contributed by atoms with Crippen LogP contribution < -0.4 is 10.6 Å². The van der Waals surface area contributed by atoms with E-state index < -0.39 is 17.8 Å². The van der Waals surface area contributed by atoms with Crippen LogP contribution in [-0.4, -0.2) is 12.5 Å². The number of anilines is 1. The van der Waals surface area contributed by atoms with Gasteiger partial charge in [-0.25, -0.2) is 0 Å². The molecular weight excluding hydrogens is 305 g/mol. The van der Waals surface area contributed by atoms with Gasteiger partial charge in [0.15, 0.2) is 0 Å². The average molecular weight is 332 g/mol. The highest BCUT2D eigenvalue weighted by Crippen LogP contribution is 2.39. The second kappa shape index (κ2) is 8.91. The maximum atomic E-state index is 12.7. The molecule has 1 unspecified atom stereocenters. The Balaban J connectivity index is 0.00000112. The first kappa shape index (κ1) is 21.4. The van der Waals surface area contributed by atoms with Crippen LogP contribution in [0.4, 0.5) is 18.9 Å². The molecule has 0 saturated heterocycles. The summed E-state index contributed by atoms with van der Waals surface area (Å²) in [5, 5.41) is 0. The maximum absolute atomic E-state index is 12.7. The lowest BCUT2D eigenvalue weighted by Gasteiger charge is -2.37. The number of halogens is 3. The van der Waals surface area contributed by atoms with Crippen LogP contribution in [0.5, 0.6) is 0 Å². The quantitative estimate of drug-likeness (QED) is 0.744. The monoisotopic (exact) mass is 332 g/mol. The zero-order chi connectivity index (χ0) is 18.4. The number of benzene rings is 1. The molecule has 1 aliphatic heterocycles. The predicted molar refractivity (Wildman–Crippen MR) is 88.3 cm³/mol. The number of amides is 1. The van der Waals surface area contributed by atoms with Crippen molar-refractivity contribution in [1.29, 1.82) is 0 Å². The third-order valence-corrected chi connectivity index (χ3v) is 3.47. The van der Waals surface area contributed by atoms with Gasteiger partial charge in [-0.05, 0) is 29.7 Å². The lowest BCUT2D eigenvalue weighted by Crippen LogP contribution is -2.42. The Morgan fingerprint density at radius 1 is 1.22 bits per heavy atom. The Morgan fingerprint density at radius 3 is 2.17 bits per heavy atom. The van der Waals surface area contributed by atoms with Crippen molar-refractivity contribution in [3.63, 3.8) is 0 Å². The van der Waals surface area contributed by atoms with Crippen molar-refractivity contribution in [3.05, 3.63) is 29.3 Å². The van der Waals surface area contributed by atoms with Crippen LogP contribution in [0.3, 0.4) is 0 Å². The molecule has 2 N–H and O–H groups in total. The van der Waals surface area contributed by atoms with E-state index in [9.17, 15) is 18.0 Å². The zero-order valence-corrected chi connectivity index (χ0v) is 14.7. The van der Waals surface area contributed by atoms with Crippen molar-refractivity contribution in [1.82, 2.24) is 0 Å². The minimum absolute atomic E-state index is 0.0834. The number of rotatable bonds is 0. The first-order chi connectivity index (χ1) is 10.7. The van der Waals surface area contributed by atoms with Gasteiger partial charge >= 0.3 is 6.18 Å². The van der Waals surface area contributed by atoms with Crippen molar-refractivity contribution in [2.24, 2.45) is 11.7 Å². The molecule has 2 atom stereocenters. The van der Waals surface area contributed by atoms with Crippen molar-refractivity contribution in [3.8, 4) is 0 Å². The summed E-state index contributed by atoms with van der Waals surface area (Å²) in [6, 6.07) is 2.86. The smallest absolute Gasteiger partial charge is 0.324 e. The summed E-state index contributed by atoms with van der Waals surface area (Å²) in [7, 11) is 0. The molecule has 0 spiro atoms. The normalized spacial score (nSPS) is 19.7. The first-order valence-corrected chi connectivity index (χ1v) is 7.96. The summed E-state index contributed by atoms with van der Waals surface area (Å²) in [5.74, 6) is -0.278. The van der Waals surface area contributed by atoms with Crippen molar-refractivity contribution < 1.29 is 18.0 Å². The van der Waals surface area contributed by atoms with E-state index in [0.717, 1.165) is 12.1 Å². The van der Waals surface area contributed by atoms with Gasteiger partial charge in [0, 0.05) is 25.2 Å². The van der Waals surface area contributed by atoms with Crippen molar-refractivity contribution in [2.75, 3.05) is 11.4 Å². The molecule has 3 nitrogen and oxygen atoms in total.